The number of rotatable bonds is 4. The van der Waals surface area contributed by atoms with Crippen molar-refractivity contribution in [2.45, 2.75) is 25.7 Å². The summed E-state index contributed by atoms with van der Waals surface area (Å²) < 4.78 is 7.01. The second-order valence-electron chi connectivity index (χ2n) is 6.39. The maximum Gasteiger partial charge on any atom is 0.258 e. The fourth-order valence-corrected chi connectivity index (χ4v) is 2.62. The predicted octanol–water partition coefficient (Wildman–Crippen LogP) is 2.20. The van der Waals surface area contributed by atoms with Gasteiger partial charge in [0.15, 0.2) is 11.6 Å². The summed E-state index contributed by atoms with van der Waals surface area (Å²) in [6.07, 6.45) is 5.47. The van der Waals surface area contributed by atoms with Gasteiger partial charge in [-0.15, -0.1) is 0 Å². The molecule has 0 bridgehead atoms. The summed E-state index contributed by atoms with van der Waals surface area (Å²) >= 11 is 0. The number of amides is 1. The molecule has 3 aromatic rings. The molecule has 25 heavy (non-hydrogen) atoms. The van der Waals surface area contributed by atoms with Crippen molar-refractivity contribution in [2.24, 2.45) is 0 Å². The Kier molecular flexibility index (Phi) is 3.60. The van der Waals surface area contributed by atoms with Crippen LogP contribution in [0, 0.1) is 6.92 Å². The van der Waals surface area contributed by atoms with E-state index in [4.69, 9.17) is 4.52 Å². The zero-order valence-electron chi connectivity index (χ0n) is 14.3. The van der Waals surface area contributed by atoms with Gasteiger partial charge in [-0.05, 0) is 31.9 Å². The molecule has 0 radical (unpaired) electrons. The second-order valence-corrected chi connectivity index (χ2v) is 6.39. The molecule has 0 saturated heterocycles. The highest BCUT2D eigenvalue weighted by Crippen LogP contribution is 2.38. The van der Waals surface area contributed by atoms with Crippen LogP contribution in [0.3, 0.4) is 0 Å². The Morgan fingerprint density at radius 1 is 1.36 bits per heavy atom. The Balaban J connectivity index is 1.68. The maximum atomic E-state index is 12.2. The third-order valence-electron chi connectivity index (χ3n) is 4.24. The van der Waals surface area contributed by atoms with Gasteiger partial charge in [0.2, 0.25) is 0 Å². The second kappa shape index (κ2) is 5.80. The molecule has 0 N–H and O–H groups in total. The molecule has 1 fully saturated rings. The minimum absolute atomic E-state index is 0.0918. The summed E-state index contributed by atoms with van der Waals surface area (Å²) in [7, 11) is 3.43. The van der Waals surface area contributed by atoms with Crippen molar-refractivity contribution in [2.75, 3.05) is 14.1 Å². The lowest BCUT2D eigenvalue weighted by molar-refractivity contribution is 0.0827. The third-order valence-corrected chi connectivity index (χ3v) is 4.24. The number of aromatic nitrogens is 5. The first-order chi connectivity index (χ1) is 12.0. The van der Waals surface area contributed by atoms with Crippen LogP contribution in [0.1, 0.15) is 40.6 Å². The molecule has 8 nitrogen and oxygen atoms in total. The zero-order chi connectivity index (χ0) is 17.6. The van der Waals surface area contributed by atoms with Crippen LogP contribution in [0.25, 0.3) is 17.3 Å². The van der Waals surface area contributed by atoms with Gasteiger partial charge in [-0.2, -0.15) is 10.1 Å². The van der Waals surface area contributed by atoms with Crippen molar-refractivity contribution in [1.82, 2.24) is 29.8 Å². The molecule has 0 aliphatic heterocycles. The first-order valence-electron chi connectivity index (χ1n) is 8.11. The lowest BCUT2D eigenvalue weighted by Gasteiger charge is -2.10. The van der Waals surface area contributed by atoms with Crippen molar-refractivity contribution in [3.8, 4) is 17.3 Å². The summed E-state index contributed by atoms with van der Waals surface area (Å²) in [5, 5.41) is 8.35. The van der Waals surface area contributed by atoms with Gasteiger partial charge < -0.3 is 9.42 Å². The lowest BCUT2D eigenvalue weighted by atomic mass is 10.2. The van der Waals surface area contributed by atoms with Crippen LogP contribution in [-0.4, -0.2) is 49.8 Å². The van der Waals surface area contributed by atoms with Gasteiger partial charge in [0.1, 0.15) is 0 Å². The van der Waals surface area contributed by atoms with Gasteiger partial charge in [0, 0.05) is 31.8 Å². The van der Waals surface area contributed by atoms with Crippen LogP contribution < -0.4 is 0 Å². The Hall–Kier alpha value is -3.03. The Morgan fingerprint density at radius 2 is 2.16 bits per heavy atom. The number of hydrogen-bond acceptors (Lipinski definition) is 6. The highest BCUT2D eigenvalue weighted by molar-refractivity contribution is 5.94. The Bertz CT molecular complexity index is 938. The average Bonchev–Trinajstić information content (AvgIpc) is 3.21. The Labute approximate surface area is 144 Å². The maximum absolute atomic E-state index is 12.2. The van der Waals surface area contributed by atoms with E-state index >= 15 is 0 Å². The van der Waals surface area contributed by atoms with Gasteiger partial charge in [-0.25, -0.2) is 9.67 Å². The fourth-order valence-electron chi connectivity index (χ4n) is 2.62. The van der Waals surface area contributed by atoms with Gasteiger partial charge in [-0.1, -0.05) is 5.16 Å². The van der Waals surface area contributed by atoms with E-state index in [0.29, 0.717) is 23.2 Å². The molecule has 1 aliphatic rings. The van der Waals surface area contributed by atoms with Crippen molar-refractivity contribution in [1.29, 1.82) is 0 Å². The summed E-state index contributed by atoms with van der Waals surface area (Å²) in [6, 6.07) is 3.65. The van der Waals surface area contributed by atoms with E-state index in [-0.39, 0.29) is 5.91 Å². The zero-order valence-corrected chi connectivity index (χ0v) is 14.3. The van der Waals surface area contributed by atoms with Crippen molar-refractivity contribution in [3.05, 3.63) is 41.6 Å². The van der Waals surface area contributed by atoms with Crippen molar-refractivity contribution >= 4 is 5.91 Å². The number of nitrogens with zero attached hydrogens (tertiary/aromatic N) is 6. The van der Waals surface area contributed by atoms with Crippen LogP contribution in [0.2, 0.25) is 0 Å². The number of pyridine rings is 1. The van der Waals surface area contributed by atoms with Crippen LogP contribution in [0.5, 0.6) is 0 Å². The summed E-state index contributed by atoms with van der Waals surface area (Å²) in [5.41, 5.74) is 2.05. The largest absolute Gasteiger partial charge is 0.345 e. The smallest absolute Gasteiger partial charge is 0.258 e. The molecule has 3 heterocycles. The van der Waals surface area contributed by atoms with Crippen LogP contribution >= 0.6 is 0 Å². The van der Waals surface area contributed by atoms with E-state index in [2.05, 4.69) is 20.2 Å². The number of hydrogen-bond donors (Lipinski definition) is 0. The normalized spacial score (nSPS) is 13.9. The standard InChI is InChI=1S/C17H18N6O2/c1-10-13(17(24)22(2)3)9-19-23(10)14-8-12(6-7-18-14)16-20-15(21-25-16)11-4-5-11/h6-9,11H,4-5H2,1-3H3. The highest BCUT2D eigenvalue weighted by atomic mass is 16.5. The van der Waals surface area contributed by atoms with Crippen LogP contribution in [-0.2, 0) is 0 Å². The molecule has 1 aliphatic carbocycles. The van der Waals surface area contributed by atoms with Gasteiger partial charge in [-0.3, -0.25) is 4.79 Å². The molecule has 1 saturated carbocycles. The third kappa shape index (κ3) is 2.79. The molecule has 0 unspecified atom stereocenters. The first-order valence-corrected chi connectivity index (χ1v) is 8.11. The minimum atomic E-state index is -0.0918. The molecule has 4 rings (SSSR count). The quantitative estimate of drug-likeness (QED) is 0.724. The number of carbonyl (C=O) groups excluding carboxylic acids is 1. The van der Waals surface area contributed by atoms with E-state index < -0.39 is 0 Å². The molecular weight excluding hydrogens is 320 g/mol. The molecular formula is C17H18N6O2. The molecule has 3 aromatic heterocycles. The van der Waals surface area contributed by atoms with Crippen molar-refractivity contribution in [3.63, 3.8) is 0 Å². The van der Waals surface area contributed by atoms with Crippen molar-refractivity contribution < 1.29 is 9.32 Å². The summed E-state index contributed by atoms with van der Waals surface area (Å²) in [4.78, 5) is 22.5. The molecule has 8 heteroatoms. The predicted molar refractivity (Wildman–Crippen MR) is 89.4 cm³/mol. The highest BCUT2D eigenvalue weighted by Gasteiger charge is 2.29. The van der Waals surface area contributed by atoms with Gasteiger partial charge in [0.25, 0.3) is 11.8 Å². The fraction of sp³-hybridized carbons (Fsp3) is 0.353. The average molecular weight is 338 g/mol. The topological polar surface area (TPSA) is 89.9 Å². The monoisotopic (exact) mass is 338 g/mol. The van der Waals surface area contributed by atoms with E-state index in [9.17, 15) is 4.79 Å². The Morgan fingerprint density at radius 3 is 2.88 bits per heavy atom. The SMILES string of the molecule is Cc1c(C(=O)N(C)C)cnn1-c1cc(-c2nc(C3CC3)no2)ccn1. The van der Waals surface area contributed by atoms with Gasteiger partial charge >= 0.3 is 0 Å². The minimum Gasteiger partial charge on any atom is -0.345 e. The first kappa shape index (κ1) is 15.5. The van der Waals surface area contributed by atoms with E-state index in [0.717, 1.165) is 29.9 Å². The summed E-state index contributed by atoms with van der Waals surface area (Å²) in [5.74, 6) is 2.18. The lowest BCUT2D eigenvalue weighted by Crippen LogP contribution is -2.22. The molecule has 128 valence electrons. The van der Waals surface area contributed by atoms with E-state index in [1.807, 2.05) is 19.1 Å². The molecule has 0 atom stereocenters. The summed E-state index contributed by atoms with van der Waals surface area (Å²) in [6.45, 7) is 1.84. The number of carbonyl (C=O) groups is 1. The van der Waals surface area contributed by atoms with Crippen LogP contribution in [0.15, 0.2) is 29.0 Å². The van der Waals surface area contributed by atoms with E-state index in [1.54, 1.807) is 31.2 Å². The molecule has 0 spiro atoms. The molecule has 0 aromatic carbocycles. The van der Waals surface area contributed by atoms with E-state index in [1.165, 1.54) is 4.90 Å². The van der Waals surface area contributed by atoms with Gasteiger partial charge in [0.05, 0.1) is 17.5 Å². The molecule has 1 amide bonds. The van der Waals surface area contributed by atoms with Crippen LogP contribution in [0.4, 0.5) is 0 Å².